The molecule has 0 fully saturated rings. The minimum Gasteiger partial charge on any atom is -0.546 e. The average molecular weight is 307 g/mol. The van der Waals surface area contributed by atoms with E-state index in [2.05, 4.69) is 0 Å². The molecule has 2 aromatic carbocycles. The van der Waals surface area contributed by atoms with Crippen molar-refractivity contribution < 1.29 is 48.6 Å². The number of carbonyl (C=O) groups excluding carboxylic acids is 1. The smallest absolute Gasteiger partial charge is 0.546 e. The molecule has 0 heterocycles. The van der Waals surface area contributed by atoms with E-state index in [4.69, 9.17) is 10.00 Å². The zero-order valence-corrected chi connectivity index (χ0v) is 14.2. The summed E-state index contributed by atoms with van der Waals surface area (Å²) in [5.74, 6) is -1.64. The van der Waals surface area contributed by atoms with Gasteiger partial charge in [-0.25, -0.2) is 4.39 Å². The second-order valence-electron chi connectivity index (χ2n) is 4.41. The number of hydrogen-bond acceptors (Lipinski definition) is 4. The number of nitrogens with zero attached hydrogens (tertiary/aromatic N) is 1. The first kappa shape index (κ1) is 18.2. The Balaban J connectivity index is 0.00000242. The summed E-state index contributed by atoms with van der Waals surface area (Å²) >= 11 is 0. The summed E-state index contributed by atoms with van der Waals surface area (Å²) in [6, 6.07) is 12.3. The molecule has 0 aliphatic heterocycles. The van der Waals surface area contributed by atoms with Gasteiger partial charge < -0.3 is 14.6 Å². The minimum absolute atomic E-state index is 0. The molecule has 0 aliphatic carbocycles. The van der Waals surface area contributed by atoms with Crippen LogP contribution < -0.4 is 39.4 Å². The van der Waals surface area contributed by atoms with E-state index in [1.54, 1.807) is 24.3 Å². The molecule has 0 saturated heterocycles. The van der Waals surface area contributed by atoms with E-state index in [0.29, 0.717) is 16.7 Å². The van der Waals surface area contributed by atoms with Crippen molar-refractivity contribution in [1.29, 1.82) is 5.26 Å². The van der Waals surface area contributed by atoms with Gasteiger partial charge in [-0.3, -0.25) is 0 Å². The van der Waals surface area contributed by atoms with Gasteiger partial charge in [0.25, 0.3) is 0 Å². The Morgan fingerprint density at radius 3 is 2.68 bits per heavy atom. The van der Waals surface area contributed by atoms with E-state index < -0.39 is 17.9 Å². The second-order valence-corrected chi connectivity index (χ2v) is 4.41. The van der Waals surface area contributed by atoms with Crippen LogP contribution in [0.3, 0.4) is 0 Å². The third kappa shape index (κ3) is 4.31. The molecule has 0 aromatic heterocycles. The predicted octanol–water partition coefficient (Wildman–Crippen LogP) is -1.11. The minimum atomic E-state index is -1.36. The fraction of sp³-hybridized carbons (Fsp3) is 0.125. The quantitative estimate of drug-likeness (QED) is 0.671. The Hall–Kier alpha value is -1.87. The van der Waals surface area contributed by atoms with Gasteiger partial charge in [0.2, 0.25) is 0 Å². The summed E-state index contributed by atoms with van der Waals surface area (Å²) in [4.78, 5) is 10.8. The third-order valence-corrected chi connectivity index (χ3v) is 2.88. The number of aliphatic carboxylic acids is 1. The van der Waals surface area contributed by atoms with Gasteiger partial charge in [-0.2, -0.15) is 5.26 Å². The molecule has 0 N–H and O–H groups in total. The Kier molecular flexibility index (Phi) is 6.57. The molecule has 1 atom stereocenters. The topological polar surface area (TPSA) is 73.1 Å². The van der Waals surface area contributed by atoms with E-state index in [1.165, 1.54) is 25.1 Å². The van der Waals surface area contributed by atoms with Crippen molar-refractivity contribution in [2.45, 2.75) is 13.0 Å². The zero-order chi connectivity index (χ0) is 15.4. The van der Waals surface area contributed by atoms with Gasteiger partial charge in [0, 0.05) is 5.56 Å². The third-order valence-electron chi connectivity index (χ3n) is 2.88. The summed E-state index contributed by atoms with van der Waals surface area (Å²) in [5.41, 5.74) is 1.35. The molecule has 6 heteroatoms. The number of benzene rings is 2. The zero-order valence-electron chi connectivity index (χ0n) is 12.2. The van der Waals surface area contributed by atoms with Crippen molar-refractivity contribution in [3.8, 4) is 22.9 Å². The molecule has 22 heavy (non-hydrogen) atoms. The van der Waals surface area contributed by atoms with E-state index in [9.17, 15) is 14.3 Å². The van der Waals surface area contributed by atoms with E-state index in [0.717, 1.165) is 0 Å². The van der Waals surface area contributed by atoms with Crippen molar-refractivity contribution in [3.05, 3.63) is 53.8 Å². The van der Waals surface area contributed by atoms with Crippen LogP contribution in [0.4, 0.5) is 4.39 Å². The summed E-state index contributed by atoms with van der Waals surface area (Å²) in [6.45, 7) is 1.33. The van der Waals surface area contributed by atoms with Crippen LogP contribution in [0, 0.1) is 17.1 Å². The van der Waals surface area contributed by atoms with Crippen molar-refractivity contribution in [1.82, 2.24) is 0 Å². The molecular formula is C16H11FNNaO3. The summed E-state index contributed by atoms with van der Waals surface area (Å²) in [6.07, 6.45) is -1.17. The number of nitriles is 1. The molecule has 0 spiro atoms. The summed E-state index contributed by atoms with van der Waals surface area (Å²) < 4.78 is 18.7. The van der Waals surface area contributed by atoms with Crippen LogP contribution in [0.25, 0.3) is 11.1 Å². The molecule has 2 aromatic rings. The van der Waals surface area contributed by atoms with Crippen LogP contribution in [-0.2, 0) is 4.79 Å². The fourth-order valence-corrected chi connectivity index (χ4v) is 1.83. The van der Waals surface area contributed by atoms with Gasteiger partial charge in [0.1, 0.15) is 17.7 Å². The maximum Gasteiger partial charge on any atom is 1.00 e. The second kappa shape index (κ2) is 7.95. The number of halogens is 1. The molecule has 4 nitrogen and oxygen atoms in total. The summed E-state index contributed by atoms with van der Waals surface area (Å²) in [7, 11) is 0. The molecule has 2 rings (SSSR count). The number of carbonyl (C=O) groups is 1. The molecule has 0 saturated carbocycles. The first-order valence-electron chi connectivity index (χ1n) is 6.19. The predicted molar refractivity (Wildman–Crippen MR) is 71.6 cm³/mol. The fourth-order valence-electron chi connectivity index (χ4n) is 1.83. The van der Waals surface area contributed by atoms with Crippen LogP contribution >= 0.6 is 0 Å². The van der Waals surface area contributed by atoms with Crippen molar-refractivity contribution in [3.63, 3.8) is 0 Å². The van der Waals surface area contributed by atoms with E-state index in [-0.39, 0.29) is 35.3 Å². The molecule has 106 valence electrons. The maximum atomic E-state index is 13.5. The van der Waals surface area contributed by atoms with Crippen molar-refractivity contribution in [2.75, 3.05) is 0 Å². The summed E-state index contributed by atoms with van der Waals surface area (Å²) in [5, 5.41) is 19.7. The Morgan fingerprint density at radius 2 is 2.05 bits per heavy atom. The van der Waals surface area contributed by atoms with Crippen molar-refractivity contribution in [2.24, 2.45) is 0 Å². The van der Waals surface area contributed by atoms with Gasteiger partial charge in [0.05, 0.1) is 17.6 Å². The number of carboxylic acid groups (broad SMARTS) is 1. The molecular weight excluding hydrogens is 296 g/mol. The first-order chi connectivity index (χ1) is 10.0. The molecule has 0 bridgehead atoms. The number of carboxylic acids is 1. The van der Waals surface area contributed by atoms with Crippen molar-refractivity contribution >= 4 is 5.97 Å². The van der Waals surface area contributed by atoms with Crippen LogP contribution in [-0.4, -0.2) is 12.1 Å². The van der Waals surface area contributed by atoms with Gasteiger partial charge in [-0.15, -0.1) is 0 Å². The molecule has 0 unspecified atom stereocenters. The molecule has 0 radical (unpaired) electrons. The van der Waals surface area contributed by atoms with Gasteiger partial charge >= 0.3 is 29.6 Å². The van der Waals surface area contributed by atoms with Gasteiger partial charge in [0.15, 0.2) is 0 Å². The Labute approximate surface area is 149 Å². The number of ether oxygens (including phenoxy) is 1. The maximum absolute atomic E-state index is 13.5. The standard InChI is InChI=1S/C16H12FNO3.Na/c1-10(16(19)20)21-15-6-5-13(17)8-14(15)12-4-2-3-11(7-12)9-18;/h2-8,10H,1H3,(H,19,20);/q;+1/p-1/t10-;/m0./s1. The van der Waals surface area contributed by atoms with Gasteiger partial charge in [-0.05, 0) is 42.8 Å². The molecule has 0 aliphatic rings. The Morgan fingerprint density at radius 1 is 1.32 bits per heavy atom. The first-order valence-corrected chi connectivity index (χ1v) is 6.19. The molecule has 0 amide bonds. The van der Waals surface area contributed by atoms with Crippen LogP contribution in [0.2, 0.25) is 0 Å². The largest absolute Gasteiger partial charge is 1.00 e. The van der Waals surface area contributed by atoms with Gasteiger partial charge in [-0.1, -0.05) is 12.1 Å². The van der Waals surface area contributed by atoms with Crippen LogP contribution in [0.1, 0.15) is 12.5 Å². The van der Waals surface area contributed by atoms with E-state index >= 15 is 0 Å². The SMILES string of the molecule is C[C@H](Oc1ccc(F)cc1-c1cccc(C#N)c1)C(=O)[O-].[Na+]. The van der Waals surface area contributed by atoms with Crippen LogP contribution in [0.15, 0.2) is 42.5 Å². The number of rotatable bonds is 4. The van der Waals surface area contributed by atoms with Crippen LogP contribution in [0.5, 0.6) is 5.75 Å². The number of hydrogen-bond donors (Lipinski definition) is 0. The Bertz CT molecular complexity index is 728. The average Bonchev–Trinajstić information content (AvgIpc) is 2.49. The van der Waals surface area contributed by atoms with E-state index in [1.807, 2.05) is 6.07 Å². The normalized spacial score (nSPS) is 11.0. The monoisotopic (exact) mass is 307 g/mol.